The summed E-state index contributed by atoms with van der Waals surface area (Å²) in [4.78, 5) is 0.128. The molecule has 0 N–H and O–H groups in total. The minimum absolute atomic E-state index is 0.128. The van der Waals surface area contributed by atoms with Gasteiger partial charge in [-0.15, -0.1) is 0 Å². The molecule has 0 amide bonds. The molecule has 4 heteroatoms. The Morgan fingerprint density at radius 1 is 1.15 bits per heavy atom. The van der Waals surface area contributed by atoms with Crippen LogP contribution in [0, 0.1) is 6.92 Å². The first-order chi connectivity index (χ1) is 9.56. The van der Waals surface area contributed by atoms with Crippen LogP contribution in [0.15, 0.2) is 39.3 Å². The third-order valence-electron chi connectivity index (χ3n) is 3.54. The van der Waals surface area contributed by atoms with E-state index in [1.54, 1.807) is 0 Å². The third kappa shape index (κ3) is 2.70. The quantitative estimate of drug-likeness (QED) is 0.504. The van der Waals surface area contributed by atoms with Gasteiger partial charge in [0.05, 0.1) is 11.4 Å². The van der Waals surface area contributed by atoms with Gasteiger partial charge >= 0.3 is 0 Å². The summed E-state index contributed by atoms with van der Waals surface area (Å²) in [6.07, 6.45) is 0.985. The summed E-state index contributed by atoms with van der Waals surface area (Å²) in [6, 6.07) is 10.7. The molecule has 1 aliphatic heterocycles. The fraction of sp³-hybridized carbons (Fsp3) is 0.250. The number of hydrogen-bond donors (Lipinski definition) is 0. The van der Waals surface area contributed by atoms with E-state index in [9.17, 15) is 0 Å². The van der Waals surface area contributed by atoms with E-state index in [4.69, 9.17) is 4.74 Å². The molecule has 20 heavy (non-hydrogen) atoms. The lowest BCUT2D eigenvalue weighted by atomic mass is 10.0. The summed E-state index contributed by atoms with van der Waals surface area (Å²) in [5, 5.41) is 0. The van der Waals surface area contributed by atoms with E-state index in [-0.39, 0.29) is 4.83 Å². The molecule has 0 saturated carbocycles. The van der Waals surface area contributed by atoms with Crippen LogP contribution >= 0.6 is 47.8 Å². The monoisotopic (exact) mass is 458 g/mol. The number of ether oxygens (including phenoxy) is 1. The van der Waals surface area contributed by atoms with Crippen LogP contribution in [-0.4, -0.2) is 6.61 Å². The van der Waals surface area contributed by atoms with Crippen molar-refractivity contribution in [3.63, 3.8) is 0 Å². The van der Waals surface area contributed by atoms with Crippen LogP contribution in [0.5, 0.6) is 5.75 Å². The second-order valence-corrected chi connectivity index (χ2v) is 7.64. The maximum absolute atomic E-state index is 5.82. The molecule has 0 aromatic heterocycles. The van der Waals surface area contributed by atoms with Crippen molar-refractivity contribution in [3.8, 4) is 5.75 Å². The molecule has 0 bridgehead atoms. The van der Waals surface area contributed by atoms with Crippen molar-refractivity contribution in [3.05, 3.63) is 61.5 Å². The Morgan fingerprint density at radius 2 is 1.95 bits per heavy atom. The normalized spacial score (nSPS) is 14.8. The highest BCUT2D eigenvalue weighted by Gasteiger charge is 2.23. The molecule has 0 radical (unpaired) electrons. The van der Waals surface area contributed by atoms with E-state index in [0.29, 0.717) is 0 Å². The Hall–Kier alpha value is -0.320. The van der Waals surface area contributed by atoms with Crippen molar-refractivity contribution >= 4 is 47.8 Å². The molecule has 1 unspecified atom stereocenters. The lowest BCUT2D eigenvalue weighted by Crippen LogP contribution is -1.97. The van der Waals surface area contributed by atoms with Crippen molar-refractivity contribution < 1.29 is 4.74 Å². The summed E-state index contributed by atoms with van der Waals surface area (Å²) in [7, 11) is 0. The van der Waals surface area contributed by atoms with Crippen LogP contribution in [0.1, 0.15) is 27.1 Å². The van der Waals surface area contributed by atoms with E-state index in [1.165, 1.54) is 22.3 Å². The van der Waals surface area contributed by atoms with Crippen molar-refractivity contribution in [2.45, 2.75) is 18.2 Å². The summed E-state index contributed by atoms with van der Waals surface area (Å²) >= 11 is 11.0. The minimum Gasteiger partial charge on any atom is -0.493 e. The molecule has 0 fully saturated rings. The second-order valence-electron chi connectivity index (χ2n) is 4.95. The van der Waals surface area contributed by atoms with Gasteiger partial charge in [-0.25, -0.2) is 0 Å². The number of aryl methyl sites for hydroxylation is 1. The van der Waals surface area contributed by atoms with Gasteiger partial charge < -0.3 is 4.74 Å². The zero-order valence-corrected chi connectivity index (χ0v) is 15.7. The van der Waals surface area contributed by atoms with E-state index in [1.807, 2.05) is 0 Å². The van der Waals surface area contributed by atoms with Crippen LogP contribution in [0.4, 0.5) is 0 Å². The average molecular weight is 461 g/mol. The third-order valence-corrected chi connectivity index (χ3v) is 5.87. The predicted molar refractivity (Wildman–Crippen MR) is 93.0 cm³/mol. The van der Waals surface area contributed by atoms with E-state index in [2.05, 4.69) is 85.0 Å². The molecule has 0 saturated heterocycles. The standard InChI is InChI=1S/C16H13Br3O/c1-9-2-3-10(7-14(9)18)15(19)13-8-12(17)6-11-4-5-20-16(11)13/h2-3,6-8,15H,4-5H2,1H3. The Kier molecular flexibility index (Phi) is 4.25. The predicted octanol–water partition coefficient (Wildman–Crippen LogP) is 5.94. The molecule has 2 aromatic carbocycles. The van der Waals surface area contributed by atoms with E-state index < -0.39 is 0 Å². The number of rotatable bonds is 2. The van der Waals surface area contributed by atoms with Crippen LogP contribution in [0.3, 0.4) is 0 Å². The molecule has 2 aromatic rings. The van der Waals surface area contributed by atoms with Crippen LogP contribution in [0.25, 0.3) is 0 Å². The van der Waals surface area contributed by atoms with Gasteiger partial charge in [0.2, 0.25) is 0 Å². The Morgan fingerprint density at radius 3 is 2.70 bits per heavy atom. The first kappa shape index (κ1) is 14.6. The van der Waals surface area contributed by atoms with Gasteiger partial charge in [0.25, 0.3) is 0 Å². The topological polar surface area (TPSA) is 9.23 Å². The largest absolute Gasteiger partial charge is 0.493 e. The highest BCUT2D eigenvalue weighted by Crippen LogP contribution is 2.43. The Bertz CT molecular complexity index is 667. The van der Waals surface area contributed by atoms with Crippen molar-refractivity contribution in [1.29, 1.82) is 0 Å². The molecule has 0 aliphatic carbocycles. The van der Waals surface area contributed by atoms with Crippen LogP contribution in [0.2, 0.25) is 0 Å². The zero-order chi connectivity index (χ0) is 14.3. The second kappa shape index (κ2) is 5.82. The maximum atomic E-state index is 5.82. The molecular weight excluding hydrogens is 448 g/mol. The van der Waals surface area contributed by atoms with Gasteiger partial charge in [-0.2, -0.15) is 0 Å². The fourth-order valence-corrected chi connectivity index (χ4v) is 3.98. The molecule has 1 nitrogen and oxygen atoms in total. The van der Waals surface area contributed by atoms with Gasteiger partial charge in [0, 0.05) is 20.9 Å². The first-order valence-electron chi connectivity index (χ1n) is 6.41. The van der Waals surface area contributed by atoms with Gasteiger partial charge in [0.1, 0.15) is 5.75 Å². The first-order valence-corrected chi connectivity index (χ1v) is 8.91. The van der Waals surface area contributed by atoms with Crippen LogP contribution < -0.4 is 4.74 Å². The zero-order valence-electron chi connectivity index (χ0n) is 10.9. The smallest absolute Gasteiger partial charge is 0.127 e. The number of fused-ring (bicyclic) bond motifs is 1. The average Bonchev–Trinajstić information content (AvgIpc) is 2.88. The highest BCUT2D eigenvalue weighted by atomic mass is 79.9. The van der Waals surface area contributed by atoms with Crippen molar-refractivity contribution in [2.24, 2.45) is 0 Å². The van der Waals surface area contributed by atoms with Crippen LogP contribution in [-0.2, 0) is 6.42 Å². The number of benzene rings is 2. The molecule has 104 valence electrons. The van der Waals surface area contributed by atoms with E-state index >= 15 is 0 Å². The molecule has 0 spiro atoms. The molecule has 1 heterocycles. The van der Waals surface area contributed by atoms with E-state index in [0.717, 1.165) is 27.7 Å². The molecule has 1 atom stereocenters. The number of halogens is 3. The van der Waals surface area contributed by atoms with Gasteiger partial charge in [-0.1, -0.05) is 59.9 Å². The SMILES string of the molecule is Cc1ccc(C(Br)c2cc(Br)cc3c2OCC3)cc1Br. The van der Waals surface area contributed by atoms with Gasteiger partial charge in [-0.05, 0) is 41.8 Å². The molecule has 1 aliphatic rings. The van der Waals surface area contributed by atoms with Gasteiger partial charge in [0.15, 0.2) is 0 Å². The fourth-order valence-electron chi connectivity index (χ4n) is 2.43. The minimum atomic E-state index is 0.128. The lowest BCUT2D eigenvalue weighted by molar-refractivity contribution is 0.354. The summed E-state index contributed by atoms with van der Waals surface area (Å²) in [5.41, 5.74) is 4.93. The number of hydrogen-bond acceptors (Lipinski definition) is 1. The molecular formula is C16H13Br3O. The Labute approximate surface area is 144 Å². The lowest BCUT2D eigenvalue weighted by Gasteiger charge is -2.16. The summed E-state index contributed by atoms with van der Waals surface area (Å²) in [6.45, 7) is 2.87. The Balaban J connectivity index is 2.06. The van der Waals surface area contributed by atoms with Crippen molar-refractivity contribution in [2.75, 3.05) is 6.61 Å². The highest BCUT2D eigenvalue weighted by molar-refractivity contribution is 9.11. The summed E-state index contributed by atoms with van der Waals surface area (Å²) < 4.78 is 8.05. The molecule has 3 rings (SSSR count). The van der Waals surface area contributed by atoms with Gasteiger partial charge in [-0.3, -0.25) is 0 Å². The maximum Gasteiger partial charge on any atom is 0.127 e. The van der Waals surface area contributed by atoms with Crippen molar-refractivity contribution in [1.82, 2.24) is 0 Å². The summed E-state index contributed by atoms with van der Waals surface area (Å²) in [5.74, 6) is 1.03. The number of alkyl halides is 1.